The van der Waals surface area contributed by atoms with E-state index in [2.05, 4.69) is 20.6 Å². The minimum Gasteiger partial charge on any atom is -0.370 e. The van der Waals surface area contributed by atoms with Crippen LogP contribution in [0.1, 0.15) is 23.2 Å². The van der Waals surface area contributed by atoms with E-state index in [-0.39, 0.29) is 49.7 Å². The fourth-order valence-corrected chi connectivity index (χ4v) is 5.99. The van der Waals surface area contributed by atoms with Crippen molar-refractivity contribution in [2.75, 3.05) is 13.1 Å². The zero-order valence-electron chi connectivity index (χ0n) is 19.7. The highest BCUT2D eigenvalue weighted by atomic mass is 16.5. The molecule has 4 aliphatic rings. The molecule has 0 radical (unpaired) electrons. The van der Waals surface area contributed by atoms with Crippen molar-refractivity contribution < 1.29 is 29.6 Å². The Morgan fingerprint density at radius 2 is 1.84 bits per heavy atom. The van der Waals surface area contributed by atoms with Gasteiger partial charge in [0.1, 0.15) is 12.1 Å². The van der Waals surface area contributed by atoms with Crippen LogP contribution in [0.25, 0.3) is 10.8 Å². The molecule has 0 bridgehead atoms. The Morgan fingerprint density at radius 1 is 1.14 bits per heavy atom. The molecule has 9 N–H and O–H groups in total. The van der Waals surface area contributed by atoms with Gasteiger partial charge in [-0.1, -0.05) is 36.4 Å². The third-order valence-corrected chi connectivity index (χ3v) is 7.75. The minimum absolute atomic E-state index is 0.0393. The summed E-state index contributed by atoms with van der Waals surface area (Å²) >= 11 is 0. The average Bonchev–Trinajstić information content (AvgIpc) is 3.46. The fraction of sp³-hybridized carbons (Fsp3) is 0.375. The van der Waals surface area contributed by atoms with Crippen LogP contribution >= 0.6 is 0 Å². The first-order valence-electron chi connectivity index (χ1n) is 12.0. The lowest BCUT2D eigenvalue weighted by atomic mass is 9.84. The number of aliphatic hydroxyl groups is 2. The summed E-state index contributed by atoms with van der Waals surface area (Å²) in [5, 5.41) is 30.5. The second-order valence-electron chi connectivity index (χ2n) is 9.77. The van der Waals surface area contributed by atoms with Gasteiger partial charge in [-0.3, -0.25) is 34.9 Å². The smallest absolute Gasteiger partial charge is 0.343 e. The Bertz CT molecular complexity index is 1390. The first-order chi connectivity index (χ1) is 17.6. The van der Waals surface area contributed by atoms with Crippen molar-refractivity contribution in [1.29, 1.82) is 0 Å². The predicted molar refractivity (Wildman–Crippen MR) is 130 cm³/mol. The molecule has 2 fully saturated rings. The molecular weight excluding hydrogens is 480 g/mol. The van der Waals surface area contributed by atoms with Crippen LogP contribution in [0.3, 0.4) is 0 Å². The number of guanidine groups is 2. The molecular formula is C24H27N8O5+. The molecule has 13 heteroatoms. The average molecular weight is 508 g/mol. The molecule has 13 nitrogen and oxygen atoms in total. The molecule has 4 atom stereocenters. The van der Waals surface area contributed by atoms with E-state index in [1.54, 1.807) is 12.1 Å². The number of benzene rings is 2. The first-order valence-corrected chi connectivity index (χ1v) is 12.0. The number of nitrogens with one attached hydrogen (secondary N) is 3. The molecule has 2 saturated heterocycles. The Kier molecular flexibility index (Phi) is 4.94. The van der Waals surface area contributed by atoms with E-state index in [9.17, 15) is 24.6 Å². The number of imide groups is 1. The van der Waals surface area contributed by atoms with E-state index in [4.69, 9.17) is 11.5 Å². The SMILES string of the molecule is NC1=N[C@@H](CN2C(=O)CCC2=O)[C@@H]2[NH+]=C(N)N[C@]23N1C[C@H](NC(=O)c1cccc2ccccc12)C3(O)O. The zero-order chi connectivity index (χ0) is 26.1. The molecule has 1 spiro atoms. The van der Waals surface area contributed by atoms with Gasteiger partial charge in [-0.05, 0) is 16.8 Å². The molecule has 0 saturated carbocycles. The molecule has 0 aromatic heterocycles. The van der Waals surface area contributed by atoms with E-state index in [0.717, 1.165) is 15.7 Å². The zero-order valence-corrected chi connectivity index (χ0v) is 19.7. The van der Waals surface area contributed by atoms with Gasteiger partial charge in [0.15, 0.2) is 12.0 Å². The molecule has 3 amide bonds. The van der Waals surface area contributed by atoms with E-state index in [1.165, 1.54) is 4.90 Å². The molecule has 2 aromatic carbocycles. The van der Waals surface area contributed by atoms with Crippen LogP contribution in [-0.4, -0.2) is 92.3 Å². The number of carbonyl (C=O) groups excluding carboxylic acids is 3. The standard InChI is InChI=1S/C24H26N8O5/c25-21-29-19-15(10-31-17(33)8-9-18(31)34)27-22(26)32-11-16(24(36,37)23(19,32)30-21)28-20(35)14-7-3-5-12-4-1-2-6-13(12)14/h1-7,15-16,19,36-37H,8-11H2,(H2,26,27)(H,28,35)(H3,25,29,30)/p+1/t15-,16-,19-,23-/m0/s1. The number of hydrogen-bond donors (Lipinski definition) is 7. The second kappa shape index (κ2) is 7.88. The number of likely N-dealkylation sites (tertiary alicyclic amines) is 1. The number of nitrogens with zero attached hydrogens (tertiary/aromatic N) is 3. The largest absolute Gasteiger partial charge is 0.370 e. The topological polar surface area (TPSA) is 201 Å². The molecule has 4 aliphatic heterocycles. The quantitative estimate of drug-likeness (QED) is 0.158. The number of carbonyl (C=O) groups is 3. The highest BCUT2D eigenvalue weighted by Gasteiger charge is 2.76. The normalized spacial score (nSPS) is 30.1. The van der Waals surface area contributed by atoms with Gasteiger partial charge >= 0.3 is 5.96 Å². The Morgan fingerprint density at radius 3 is 2.59 bits per heavy atom. The van der Waals surface area contributed by atoms with Gasteiger partial charge in [-0.25, -0.2) is 10.3 Å². The monoisotopic (exact) mass is 507 g/mol. The van der Waals surface area contributed by atoms with Crippen molar-refractivity contribution in [3.63, 3.8) is 0 Å². The van der Waals surface area contributed by atoms with Crippen molar-refractivity contribution in [1.82, 2.24) is 20.4 Å². The minimum atomic E-state index is -2.59. The first kappa shape index (κ1) is 23.2. The summed E-state index contributed by atoms with van der Waals surface area (Å²) in [6, 6.07) is 9.75. The second-order valence-corrected chi connectivity index (χ2v) is 9.77. The maximum Gasteiger partial charge on any atom is 0.343 e. The molecule has 192 valence electrons. The van der Waals surface area contributed by atoms with Crippen molar-refractivity contribution in [3.05, 3.63) is 48.0 Å². The Balaban J connectivity index is 1.33. The van der Waals surface area contributed by atoms with Gasteiger partial charge in [-0.2, -0.15) is 0 Å². The van der Waals surface area contributed by atoms with Crippen LogP contribution in [0.5, 0.6) is 0 Å². The number of rotatable bonds is 4. The Labute approximate surface area is 210 Å². The van der Waals surface area contributed by atoms with Gasteiger partial charge in [0.25, 0.3) is 11.6 Å². The molecule has 0 aliphatic carbocycles. The number of hydrogen-bond acceptors (Lipinski definition) is 10. The van der Waals surface area contributed by atoms with E-state index in [1.807, 2.05) is 30.3 Å². The third kappa shape index (κ3) is 3.20. The lowest BCUT2D eigenvalue weighted by molar-refractivity contribution is -0.521. The van der Waals surface area contributed by atoms with Gasteiger partial charge in [0.05, 0.1) is 13.1 Å². The van der Waals surface area contributed by atoms with Gasteiger partial charge < -0.3 is 21.3 Å². The van der Waals surface area contributed by atoms with Crippen molar-refractivity contribution in [2.24, 2.45) is 16.5 Å². The highest BCUT2D eigenvalue weighted by molar-refractivity contribution is 6.07. The third-order valence-electron chi connectivity index (χ3n) is 7.75. The summed E-state index contributed by atoms with van der Waals surface area (Å²) < 4.78 is 0. The van der Waals surface area contributed by atoms with E-state index in [0.29, 0.717) is 5.56 Å². The number of fused-ring (bicyclic) bond motifs is 1. The highest BCUT2D eigenvalue weighted by Crippen LogP contribution is 2.41. The van der Waals surface area contributed by atoms with Gasteiger partial charge in [0.2, 0.25) is 17.6 Å². The summed E-state index contributed by atoms with van der Waals surface area (Å²) in [6.45, 7) is -0.199. The number of aliphatic imine (C=N–C) groups is 1. The summed E-state index contributed by atoms with van der Waals surface area (Å²) in [4.78, 5) is 47.9. The van der Waals surface area contributed by atoms with Crippen LogP contribution in [0.2, 0.25) is 0 Å². The molecule has 37 heavy (non-hydrogen) atoms. The molecule has 4 heterocycles. The van der Waals surface area contributed by atoms with Crippen LogP contribution in [-0.2, 0) is 9.59 Å². The maximum atomic E-state index is 13.3. The summed E-state index contributed by atoms with van der Waals surface area (Å²) in [6.07, 6.45) is 0.220. The lowest BCUT2D eigenvalue weighted by Gasteiger charge is -2.46. The lowest BCUT2D eigenvalue weighted by Crippen LogP contribution is -2.90. The summed E-state index contributed by atoms with van der Waals surface area (Å²) in [5.41, 5.74) is 11.0. The number of nitrogens with two attached hydrogens (primary N) is 2. The number of amides is 3. The van der Waals surface area contributed by atoms with Crippen LogP contribution in [0.4, 0.5) is 0 Å². The Hall–Kier alpha value is -4.23. The fourth-order valence-electron chi connectivity index (χ4n) is 5.99. The van der Waals surface area contributed by atoms with Gasteiger partial charge in [-0.15, -0.1) is 0 Å². The summed E-state index contributed by atoms with van der Waals surface area (Å²) in [7, 11) is 0. The predicted octanol–water partition coefficient (Wildman–Crippen LogP) is -4.16. The molecule has 0 unspecified atom stereocenters. The molecule has 2 aromatic rings. The summed E-state index contributed by atoms with van der Waals surface area (Å²) in [5.74, 6) is -3.75. The van der Waals surface area contributed by atoms with Gasteiger partial charge in [0, 0.05) is 18.4 Å². The van der Waals surface area contributed by atoms with Crippen molar-refractivity contribution in [2.45, 2.75) is 42.4 Å². The van der Waals surface area contributed by atoms with Crippen LogP contribution < -0.4 is 27.1 Å². The van der Waals surface area contributed by atoms with Crippen molar-refractivity contribution in [3.8, 4) is 0 Å². The van der Waals surface area contributed by atoms with Crippen molar-refractivity contribution >= 4 is 40.4 Å². The maximum absolute atomic E-state index is 13.3. The van der Waals surface area contributed by atoms with E-state index < -0.39 is 35.5 Å². The molecule has 6 rings (SSSR count). The van der Waals surface area contributed by atoms with Crippen LogP contribution in [0.15, 0.2) is 47.5 Å². The van der Waals surface area contributed by atoms with E-state index >= 15 is 0 Å². The van der Waals surface area contributed by atoms with Crippen LogP contribution in [0, 0.1) is 0 Å².